The third-order valence-corrected chi connectivity index (χ3v) is 4.51. The largest absolute Gasteiger partial charge is 0.396 e. The number of anilines is 2. The molecule has 21 heavy (non-hydrogen) atoms. The highest BCUT2D eigenvalue weighted by Gasteiger charge is 2.34. The molecule has 0 aliphatic carbocycles. The summed E-state index contributed by atoms with van der Waals surface area (Å²) in [4.78, 5) is 25.0. The number of benzene rings is 1. The van der Waals surface area contributed by atoms with E-state index in [2.05, 4.69) is 10.2 Å². The molecule has 0 spiro atoms. The molecular formula is C15H20N4O2. The fourth-order valence-corrected chi connectivity index (χ4v) is 3.37. The lowest BCUT2D eigenvalue weighted by Gasteiger charge is -2.42. The highest BCUT2D eigenvalue weighted by atomic mass is 16.2. The Balaban J connectivity index is 1.81. The molecule has 2 unspecified atom stereocenters. The molecular weight excluding hydrogens is 268 g/mol. The Hall–Kier alpha value is -2.24. The minimum Gasteiger partial charge on any atom is -0.396 e. The second-order valence-electron chi connectivity index (χ2n) is 5.81. The molecule has 2 saturated heterocycles. The predicted molar refractivity (Wildman–Crippen MR) is 80.9 cm³/mol. The van der Waals surface area contributed by atoms with Gasteiger partial charge in [-0.1, -0.05) is 6.07 Å². The van der Waals surface area contributed by atoms with Crippen LogP contribution in [0.4, 0.5) is 11.4 Å². The Morgan fingerprint density at radius 1 is 1.33 bits per heavy atom. The summed E-state index contributed by atoms with van der Waals surface area (Å²) >= 11 is 0. The molecule has 6 nitrogen and oxygen atoms in total. The van der Waals surface area contributed by atoms with E-state index in [4.69, 9.17) is 11.5 Å². The van der Waals surface area contributed by atoms with E-state index in [-0.39, 0.29) is 11.9 Å². The lowest BCUT2D eigenvalue weighted by atomic mass is 9.85. The van der Waals surface area contributed by atoms with E-state index in [0.717, 1.165) is 31.6 Å². The van der Waals surface area contributed by atoms with E-state index in [1.165, 1.54) is 0 Å². The summed E-state index contributed by atoms with van der Waals surface area (Å²) < 4.78 is 0. The van der Waals surface area contributed by atoms with Crippen LogP contribution in [0.15, 0.2) is 18.2 Å². The fourth-order valence-electron chi connectivity index (χ4n) is 3.37. The van der Waals surface area contributed by atoms with Gasteiger partial charge in [-0.05, 0) is 30.9 Å². The third kappa shape index (κ3) is 2.53. The van der Waals surface area contributed by atoms with Crippen molar-refractivity contribution in [2.75, 3.05) is 23.7 Å². The van der Waals surface area contributed by atoms with Crippen LogP contribution < -0.4 is 21.7 Å². The minimum absolute atomic E-state index is 0.153. The molecule has 2 fully saturated rings. The highest BCUT2D eigenvalue weighted by Crippen LogP contribution is 2.32. The third-order valence-electron chi connectivity index (χ3n) is 4.51. The van der Waals surface area contributed by atoms with Crippen molar-refractivity contribution in [1.82, 2.24) is 5.32 Å². The van der Waals surface area contributed by atoms with E-state index in [0.29, 0.717) is 23.6 Å². The first kappa shape index (κ1) is 13.7. The van der Waals surface area contributed by atoms with E-state index in [9.17, 15) is 9.59 Å². The van der Waals surface area contributed by atoms with Crippen LogP contribution in [0, 0.1) is 5.92 Å². The molecule has 0 radical (unpaired) electrons. The topological polar surface area (TPSA) is 101 Å². The van der Waals surface area contributed by atoms with Crippen LogP contribution in [0.25, 0.3) is 0 Å². The molecule has 2 amide bonds. The van der Waals surface area contributed by atoms with Crippen LogP contribution in [0.1, 0.15) is 29.6 Å². The monoisotopic (exact) mass is 288 g/mol. The number of carbonyl (C=O) groups excluding carboxylic acids is 2. The number of carbonyl (C=O) groups is 2. The van der Waals surface area contributed by atoms with Crippen molar-refractivity contribution < 1.29 is 9.59 Å². The van der Waals surface area contributed by atoms with Gasteiger partial charge in [0, 0.05) is 25.6 Å². The molecule has 1 aromatic carbocycles. The molecule has 3 rings (SSSR count). The summed E-state index contributed by atoms with van der Waals surface area (Å²) in [5.41, 5.74) is 13.1. The number of nitrogens with zero attached hydrogens (tertiary/aromatic N) is 1. The van der Waals surface area contributed by atoms with Crippen LogP contribution in [0.2, 0.25) is 0 Å². The number of primary amides is 1. The van der Waals surface area contributed by atoms with Gasteiger partial charge in [0.25, 0.3) is 5.91 Å². The Kier molecular flexibility index (Phi) is 3.45. The molecule has 2 atom stereocenters. The number of para-hydroxylation sites is 1. The highest BCUT2D eigenvalue weighted by molar-refractivity contribution is 6.00. The molecule has 0 aromatic heterocycles. The summed E-state index contributed by atoms with van der Waals surface area (Å²) in [6.07, 6.45) is 2.39. The number of hydrogen-bond donors (Lipinski definition) is 3. The molecule has 0 bridgehead atoms. The molecule has 0 saturated carbocycles. The van der Waals surface area contributed by atoms with Crippen LogP contribution in [0.5, 0.6) is 0 Å². The summed E-state index contributed by atoms with van der Waals surface area (Å²) in [6, 6.07) is 5.64. The lowest BCUT2D eigenvalue weighted by molar-refractivity contribution is -0.124. The summed E-state index contributed by atoms with van der Waals surface area (Å²) in [5.74, 6) is 0.0854. The van der Waals surface area contributed by atoms with Crippen LogP contribution in [-0.2, 0) is 4.79 Å². The van der Waals surface area contributed by atoms with Gasteiger partial charge in [-0.3, -0.25) is 9.59 Å². The van der Waals surface area contributed by atoms with Gasteiger partial charge in [-0.15, -0.1) is 0 Å². The van der Waals surface area contributed by atoms with Crippen molar-refractivity contribution in [3.63, 3.8) is 0 Å². The van der Waals surface area contributed by atoms with Crippen molar-refractivity contribution in [3.8, 4) is 0 Å². The van der Waals surface area contributed by atoms with E-state index in [1.807, 2.05) is 6.07 Å². The average Bonchev–Trinajstić information content (AvgIpc) is 2.46. The Labute approximate surface area is 123 Å². The van der Waals surface area contributed by atoms with E-state index < -0.39 is 5.91 Å². The van der Waals surface area contributed by atoms with Crippen LogP contribution >= 0.6 is 0 Å². The van der Waals surface area contributed by atoms with Crippen molar-refractivity contribution in [1.29, 1.82) is 0 Å². The van der Waals surface area contributed by atoms with Crippen molar-refractivity contribution >= 4 is 23.2 Å². The maximum atomic E-state index is 11.4. The van der Waals surface area contributed by atoms with Gasteiger partial charge in [-0.25, -0.2) is 0 Å². The minimum atomic E-state index is -0.505. The normalized spacial score (nSPS) is 25.1. The average molecular weight is 288 g/mol. The first-order valence-corrected chi connectivity index (χ1v) is 7.29. The zero-order valence-corrected chi connectivity index (χ0v) is 11.8. The van der Waals surface area contributed by atoms with Gasteiger partial charge in [0.1, 0.15) is 0 Å². The first-order valence-electron chi connectivity index (χ1n) is 7.29. The predicted octanol–water partition coefficient (Wildman–Crippen LogP) is 0.473. The smallest absolute Gasteiger partial charge is 0.250 e. The zero-order chi connectivity index (χ0) is 15.0. The first-order chi connectivity index (χ1) is 10.1. The van der Waals surface area contributed by atoms with Crippen LogP contribution in [-0.4, -0.2) is 30.9 Å². The van der Waals surface area contributed by atoms with Gasteiger partial charge in [0.2, 0.25) is 5.91 Å². The number of nitrogen functional groups attached to an aromatic ring is 1. The molecule has 1 aromatic rings. The summed E-state index contributed by atoms with van der Waals surface area (Å²) in [7, 11) is 0. The molecule has 2 aliphatic rings. The van der Waals surface area contributed by atoms with Crippen molar-refractivity contribution in [2.45, 2.75) is 25.3 Å². The van der Waals surface area contributed by atoms with Gasteiger partial charge < -0.3 is 21.7 Å². The molecule has 5 N–H and O–H groups in total. The number of fused-ring (bicyclic) bond motifs is 1. The molecule has 6 heteroatoms. The van der Waals surface area contributed by atoms with E-state index >= 15 is 0 Å². The number of piperidine rings is 2. The van der Waals surface area contributed by atoms with Crippen molar-refractivity contribution in [3.05, 3.63) is 23.8 Å². The van der Waals surface area contributed by atoms with Gasteiger partial charge in [0.15, 0.2) is 0 Å². The Bertz CT molecular complexity index is 587. The SMILES string of the molecule is NC(=O)c1cccc(N2CCC3NC(=O)CCC3C2)c1N. The summed E-state index contributed by atoms with van der Waals surface area (Å²) in [5, 5.41) is 3.06. The number of nitrogens with two attached hydrogens (primary N) is 2. The molecule has 112 valence electrons. The van der Waals surface area contributed by atoms with Crippen LogP contribution in [0.3, 0.4) is 0 Å². The van der Waals surface area contributed by atoms with Gasteiger partial charge in [-0.2, -0.15) is 0 Å². The standard InChI is InChI=1S/C15H20N4O2/c16-14-10(15(17)21)2-1-3-12(14)19-7-6-11-9(8-19)4-5-13(20)18-11/h1-3,9,11H,4-8,16H2,(H2,17,21)(H,18,20). The lowest BCUT2D eigenvalue weighted by Crippen LogP contribution is -2.54. The maximum Gasteiger partial charge on any atom is 0.250 e. The second kappa shape index (κ2) is 5.27. The maximum absolute atomic E-state index is 11.4. The van der Waals surface area contributed by atoms with Crippen molar-refractivity contribution in [2.24, 2.45) is 11.7 Å². The van der Waals surface area contributed by atoms with E-state index in [1.54, 1.807) is 12.1 Å². The number of hydrogen-bond acceptors (Lipinski definition) is 4. The fraction of sp³-hybridized carbons (Fsp3) is 0.467. The second-order valence-corrected chi connectivity index (χ2v) is 5.81. The Morgan fingerprint density at radius 3 is 2.90 bits per heavy atom. The number of rotatable bonds is 2. The quantitative estimate of drug-likeness (QED) is 0.689. The molecule has 2 aliphatic heterocycles. The van der Waals surface area contributed by atoms with Gasteiger partial charge in [0.05, 0.1) is 16.9 Å². The zero-order valence-electron chi connectivity index (χ0n) is 11.8. The number of amides is 2. The van der Waals surface area contributed by atoms with Gasteiger partial charge >= 0.3 is 0 Å². The number of nitrogens with one attached hydrogen (secondary N) is 1. The molecule has 2 heterocycles. The Morgan fingerprint density at radius 2 is 2.14 bits per heavy atom. The summed E-state index contributed by atoms with van der Waals surface area (Å²) in [6.45, 7) is 1.66.